The second-order valence-electron chi connectivity index (χ2n) is 8.22. The summed E-state index contributed by atoms with van der Waals surface area (Å²) < 4.78 is 64.6. The van der Waals surface area contributed by atoms with Crippen molar-refractivity contribution >= 4 is 19.5 Å². The monoisotopic (exact) mass is 532 g/mol. The molecule has 12 nitrogen and oxygen atoms in total. The largest absolute Gasteiger partial charge is 0.462 e. The van der Waals surface area contributed by atoms with E-state index >= 15 is 0 Å². The van der Waals surface area contributed by atoms with Gasteiger partial charge in [-0.2, -0.15) is 18.9 Å². The molecule has 36 heavy (non-hydrogen) atoms. The molecular formula is C21H27F2N4O8P. The highest BCUT2D eigenvalue weighted by Crippen LogP contribution is 2.48. The molecule has 0 amide bonds. The molecule has 3 rings (SSSR count). The number of rotatable bonds is 10. The van der Waals surface area contributed by atoms with Crippen molar-refractivity contribution in [1.29, 1.82) is 0 Å². The van der Waals surface area contributed by atoms with Crippen LogP contribution in [-0.2, 0) is 23.4 Å². The quantitative estimate of drug-likeness (QED) is 0.302. The van der Waals surface area contributed by atoms with Crippen LogP contribution in [0.5, 0.6) is 5.75 Å². The molecule has 15 heteroatoms. The Morgan fingerprint density at radius 3 is 2.58 bits per heavy atom. The molecule has 1 fully saturated rings. The summed E-state index contributed by atoms with van der Waals surface area (Å²) in [5.41, 5.74) is 4.27. The average Bonchev–Trinajstić information content (AvgIpc) is 3.01. The number of para-hydroxylation sites is 1. The first kappa shape index (κ1) is 27.7. The summed E-state index contributed by atoms with van der Waals surface area (Å²) in [5, 5.41) is 12.6. The van der Waals surface area contributed by atoms with Gasteiger partial charge >= 0.3 is 25.3 Å². The van der Waals surface area contributed by atoms with Gasteiger partial charge in [-0.1, -0.05) is 18.2 Å². The molecule has 4 N–H and O–H groups in total. The summed E-state index contributed by atoms with van der Waals surface area (Å²) in [6.45, 7) is 3.74. The lowest BCUT2D eigenvalue weighted by atomic mass is 10.1. The Bertz CT molecular complexity index is 1170. The molecule has 0 spiro atoms. The van der Waals surface area contributed by atoms with Gasteiger partial charge in [-0.05, 0) is 39.0 Å². The van der Waals surface area contributed by atoms with Crippen molar-refractivity contribution in [2.45, 2.75) is 57.3 Å². The summed E-state index contributed by atoms with van der Waals surface area (Å²) >= 11 is 0. The number of alkyl halides is 2. The lowest BCUT2D eigenvalue weighted by Gasteiger charge is -2.25. The molecule has 0 radical (unpaired) electrons. The molecule has 2 heterocycles. The number of halogens is 2. The number of hydrogen-bond donors (Lipinski definition) is 3. The first-order chi connectivity index (χ1) is 16.8. The predicted molar refractivity (Wildman–Crippen MR) is 122 cm³/mol. The second kappa shape index (κ2) is 11.0. The predicted octanol–water partition coefficient (Wildman–Crippen LogP) is 1.85. The summed E-state index contributed by atoms with van der Waals surface area (Å²) in [4.78, 5) is 27.6. The van der Waals surface area contributed by atoms with Crippen LogP contribution < -0.4 is 21.0 Å². The normalized spacial score (nSPS) is 23.7. The fraction of sp³-hybridized carbons (Fsp3) is 0.476. The van der Waals surface area contributed by atoms with Gasteiger partial charge in [0.1, 0.15) is 23.7 Å². The maximum Gasteiger partial charge on any atom is 0.459 e. The van der Waals surface area contributed by atoms with Crippen molar-refractivity contribution in [3.8, 4) is 5.75 Å². The van der Waals surface area contributed by atoms with Gasteiger partial charge in [0.15, 0.2) is 6.10 Å². The molecule has 198 valence electrons. The topological polar surface area (TPSA) is 164 Å². The Morgan fingerprint density at radius 1 is 1.31 bits per heavy atom. The number of nitrogen functional groups attached to an aromatic ring is 1. The van der Waals surface area contributed by atoms with Gasteiger partial charge in [0.25, 0.3) is 0 Å². The van der Waals surface area contributed by atoms with Gasteiger partial charge in [-0.15, -0.1) is 0 Å². The third-order valence-electron chi connectivity index (χ3n) is 4.92. The number of esters is 1. The Balaban J connectivity index is 1.79. The number of aliphatic hydroxyl groups excluding tert-OH is 1. The van der Waals surface area contributed by atoms with E-state index in [0.717, 1.165) is 12.3 Å². The Labute approximate surface area is 204 Å². The van der Waals surface area contributed by atoms with Crippen LogP contribution in [-0.4, -0.2) is 57.5 Å². The minimum absolute atomic E-state index is 0.0911. The van der Waals surface area contributed by atoms with E-state index in [0.29, 0.717) is 4.57 Å². The number of aliphatic hydroxyl groups is 1. The number of nitrogens with two attached hydrogens (primary N) is 1. The standard InChI is InChI=1S/C21H27F2N4O8P/c1-12(2)33-18(29)13(3)26-36(31,35-14-7-5-4-6-8-14)32-11-15-17(28)21(22,23)19(34-15)27-10-9-16(24)25-20(27)30/h4-10,12-13,15,17,19,28H,11H2,1-3H3,(H,26,31)(H2,24,25,30)/t13-,15+,17+,19+,36?/m0/s1. The van der Waals surface area contributed by atoms with Gasteiger partial charge in [0.05, 0.1) is 12.7 Å². The maximum atomic E-state index is 14.8. The summed E-state index contributed by atoms with van der Waals surface area (Å²) in [6.07, 6.45) is -5.91. The molecule has 2 aromatic rings. The van der Waals surface area contributed by atoms with Crippen LogP contribution in [0.1, 0.15) is 27.0 Å². The van der Waals surface area contributed by atoms with E-state index in [9.17, 15) is 28.0 Å². The zero-order valence-corrected chi connectivity index (χ0v) is 20.5. The van der Waals surface area contributed by atoms with Crippen molar-refractivity contribution < 1.29 is 41.8 Å². The molecule has 0 saturated carbocycles. The highest BCUT2D eigenvalue weighted by Gasteiger charge is 2.60. The van der Waals surface area contributed by atoms with E-state index in [2.05, 4.69) is 10.1 Å². The third kappa shape index (κ3) is 6.45. The number of carbonyl (C=O) groups is 1. The number of aromatic nitrogens is 2. The van der Waals surface area contributed by atoms with E-state index in [1.807, 2.05) is 0 Å². The summed E-state index contributed by atoms with van der Waals surface area (Å²) in [5.74, 6) is -4.80. The fourth-order valence-electron chi connectivity index (χ4n) is 3.22. The molecule has 1 aromatic heterocycles. The SMILES string of the molecule is CC(C)OC(=O)[C@H](C)NP(=O)(OC[C@H]1O[C@@H](n2ccc(N)nc2=O)C(F)(F)[C@@H]1O)Oc1ccccc1. The van der Waals surface area contributed by atoms with Crippen LogP contribution in [0.3, 0.4) is 0 Å². The third-order valence-corrected chi connectivity index (χ3v) is 6.56. The first-order valence-electron chi connectivity index (χ1n) is 10.9. The second-order valence-corrected chi connectivity index (χ2v) is 9.92. The minimum atomic E-state index is -4.41. The van der Waals surface area contributed by atoms with Crippen LogP contribution in [0, 0.1) is 0 Å². The highest BCUT2D eigenvalue weighted by molar-refractivity contribution is 7.52. The summed E-state index contributed by atoms with van der Waals surface area (Å²) in [6, 6.07) is 7.70. The number of carbonyl (C=O) groups excluding carboxylic acids is 1. The Kier molecular flexibility index (Phi) is 8.47. The van der Waals surface area contributed by atoms with E-state index in [1.54, 1.807) is 32.0 Å². The van der Waals surface area contributed by atoms with Crippen molar-refractivity contribution in [1.82, 2.24) is 14.6 Å². The number of nitrogens with one attached hydrogen (secondary N) is 1. The zero-order valence-electron chi connectivity index (χ0n) is 19.6. The maximum absolute atomic E-state index is 14.8. The molecule has 1 unspecified atom stereocenters. The van der Waals surface area contributed by atoms with Crippen LogP contribution in [0.15, 0.2) is 47.4 Å². The number of ether oxygens (including phenoxy) is 2. The molecule has 1 aromatic carbocycles. The molecule has 1 saturated heterocycles. The van der Waals surface area contributed by atoms with Crippen molar-refractivity contribution in [2.75, 3.05) is 12.3 Å². The molecule has 0 aliphatic carbocycles. The Hall–Kier alpha value is -2.90. The number of anilines is 1. The number of benzene rings is 1. The van der Waals surface area contributed by atoms with Crippen molar-refractivity contribution in [2.24, 2.45) is 0 Å². The van der Waals surface area contributed by atoms with E-state index in [1.165, 1.54) is 19.1 Å². The van der Waals surface area contributed by atoms with E-state index < -0.39 is 62.5 Å². The molecule has 1 aliphatic rings. The van der Waals surface area contributed by atoms with Gasteiger partial charge in [0.2, 0.25) is 6.23 Å². The lowest BCUT2D eigenvalue weighted by Crippen LogP contribution is -2.42. The van der Waals surface area contributed by atoms with Crippen molar-refractivity contribution in [3.63, 3.8) is 0 Å². The first-order valence-corrected chi connectivity index (χ1v) is 12.4. The molecule has 5 atom stereocenters. The van der Waals surface area contributed by atoms with Gasteiger partial charge in [-0.25, -0.2) is 9.36 Å². The van der Waals surface area contributed by atoms with Crippen LogP contribution in [0.4, 0.5) is 14.6 Å². The molecule has 1 aliphatic heterocycles. The molecule has 0 bridgehead atoms. The van der Waals surface area contributed by atoms with Crippen LogP contribution in [0.2, 0.25) is 0 Å². The minimum Gasteiger partial charge on any atom is -0.462 e. The lowest BCUT2D eigenvalue weighted by molar-refractivity contribution is -0.149. The smallest absolute Gasteiger partial charge is 0.459 e. The number of hydrogen-bond acceptors (Lipinski definition) is 10. The zero-order chi connectivity index (χ0) is 26.7. The van der Waals surface area contributed by atoms with Gasteiger partial charge in [-0.3, -0.25) is 13.9 Å². The number of nitrogens with zero attached hydrogens (tertiary/aromatic N) is 2. The summed E-state index contributed by atoms with van der Waals surface area (Å²) in [7, 11) is -4.41. The van der Waals surface area contributed by atoms with Crippen LogP contribution >= 0.6 is 7.75 Å². The van der Waals surface area contributed by atoms with E-state index in [-0.39, 0.29) is 11.6 Å². The average molecular weight is 532 g/mol. The Morgan fingerprint density at radius 2 is 1.97 bits per heavy atom. The van der Waals surface area contributed by atoms with Crippen molar-refractivity contribution in [3.05, 3.63) is 53.1 Å². The fourth-order valence-corrected chi connectivity index (χ4v) is 4.72. The van der Waals surface area contributed by atoms with Gasteiger partial charge < -0.3 is 24.8 Å². The highest BCUT2D eigenvalue weighted by atomic mass is 31.2. The van der Waals surface area contributed by atoms with E-state index in [4.69, 9.17) is 24.3 Å². The molecular weight excluding hydrogens is 505 g/mol. The van der Waals surface area contributed by atoms with Gasteiger partial charge in [0, 0.05) is 6.20 Å². The van der Waals surface area contributed by atoms with Crippen LogP contribution in [0.25, 0.3) is 0 Å².